The van der Waals surface area contributed by atoms with Crippen LogP contribution in [0.5, 0.6) is 0 Å². The summed E-state index contributed by atoms with van der Waals surface area (Å²) >= 11 is 0. The van der Waals surface area contributed by atoms with Gasteiger partial charge in [-0.2, -0.15) is 4.31 Å². The van der Waals surface area contributed by atoms with Crippen molar-refractivity contribution in [3.8, 4) is 0 Å². The van der Waals surface area contributed by atoms with Gasteiger partial charge >= 0.3 is 0 Å². The lowest BCUT2D eigenvalue weighted by atomic mass is 10.1. The summed E-state index contributed by atoms with van der Waals surface area (Å²) < 4.78 is 25.2. The lowest BCUT2D eigenvalue weighted by molar-refractivity contribution is -0.121. The Hall–Kier alpha value is -2.18. The van der Waals surface area contributed by atoms with Crippen molar-refractivity contribution in [2.75, 3.05) is 12.8 Å². The average molecular weight is 360 g/mol. The topological polar surface area (TPSA) is 66.5 Å². The van der Waals surface area contributed by atoms with Crippen LogP contribution in [-0.2, 0) is 27.9 Å². The Morgan fingerprint density at radius 1 is 0.920 bits per heavy atom. The van der Waals surface area contributed by atoms with Crippen LogP contribution in [0.1, 0.15) is 22.3 Å². The van der Waals surface area contributed by atoms with Crippen LogP contribution in [0.15, 0.2) is 48.5 Å². The Balaban J connectivity index is 1.97. The molecule has 0 bridgehead atoms. The van der Waals surface area contributed by atoms with Crippen molar-refractivity contribution < 1.29 is 13.2 Å². The fraction of sp³-hybridized carbons (Fsp3) is 0.316. The van der Waals surface area contributed by atoms with E-state index < -0.39 is 10.0 Å². The smallest absolute Gasteiger partial charge is 0.235 e. The first-order valence-electron chi connectivity index (χ1n) is 8.07. The van der Waals surface area contributed by atoms with E-state index in [9.17, 15) is 13.2 Å². The number of nitrogens with zero attached hydrogens (tertiary/aromatic N) is 1. The minimum Gasteiger partial charge on any atom is -0.351 e. The van der Waals surface area contributed by atoms with Crippen molar-refractivity contribution in [1.29, 1.82) is 0 Å². The van der Waals surface area contributed by atoms with Crippen molar-refractivity contribution in [1.82, 2.24) is 9.62 Å². The number of hydrogen-bond donors (Lipinski definition) is 1. The Morgan fingerprint density at radius 2 is 1.40 bits per heavy atom. The molecular formula is C19H24N2O3S. The molecule has 0 heterocycles. The molecular weight excluding hydrogens is 336 g/mol. The van der Waals surface area contributed by atoms with Gasteiger partial charge in [-0.1, -0.05) is 59.7 Å². The molecule has 0 aliphatic heterocycles. The van der Waals surface area contributed by atoms with Gasteiger partial charge in [0, 0.05) is 13.1 Å². The highest BCUT2D eigenvalue weighted by Gasteiger charge is 2.20. The highest BCUT2D eigenvalue weighted by molar-refractivity contribution is 7.88. The van der Waals surface area contributed by atoms with E-state index in [0.29, 0.717) is 6.54 Å². The van der Waals surface area contributed by atoms with Crippen LogP contribution in [0.4, 0.5) is 0 Å². The third kappa shape index (κ3) is 6.32. The van der Waals surface area contributed by atoms with Crippen LogP contribution in [-0.4, -0.2) is 31.4 Å². The Labute approximate surface area is 149 Å². The van der Waals surface area contributed by atoms with Gasteiger partial charge in [-0.25, -0.2) is 8.42 Å². The third-order valence-corrected chi connectivity index (χ3v) is 5.08. The lowest BCUT2D eigenvalue weighted by Crippen LogP contribution is -2.39. The highest BCUT2D eigenvalue weighted by atomic mass is 32.2. The minimum atomic E-state index is -3.48. The van der Waals surface area contributed by atoms with Crippen molar-refractivity contribution in [3.63, 3.8) is 0 Å². The number of nitrogens with one attached hydrogen (secondary N) is 1. The summed E-state index contributed by atoms with van der Waals surface area (Å²) in [6.45, 7) is 4.32. The molecule has 2 aromatic rings. The number of amides is 1. The first-order chi connectivity index (χ1) is 11.7. The van der Waals surface area contributed by atoms with Gasteiger partial charge in [0.05, 0.1) is 12.8 Å². The number of carbonyl (C=O) groups excluding carboxylic acids is 1. The Bertz CT molecular complexity index is 813. The van der Waals surface area contributed by atoms with E-state index in [2.05, 4.69) is 5.32 Å². The summed E-state index contributed by atoms with van der Waals surface area (Å²) in [7, 11) is -3.48. The zero-order chi connectivity index (χ0) is 18.4. The van der Waals surface area contributed by atoms with Gasteiger partial charge in [0.25, 0.3) is 0 Å². The summed E-state index contributed by atoms with van der Waals surface area (Å²) in [6.07, 6.45) is 1.12. The lowest BCUT2D eigenvalue weighted by Gasteiger charge is -2.19. The predicted molar refractivity (Wildman–Crippen MR) is 99.5 cm³/mol. The Kier molecular flexibility index (Phi) is 6.33. The molecule has 0 saturated carbocycles. The van der Waals surface area contributed by atoms with E-state index in [-0.39, 0.29) is 19.0 Å². The molecule has 0 saturated heterocycles. The number of hydrogen-bond acceptors (Lipinski definition) is 3. The van der Waals surface area contributed by atoms with E-state index in [1.807, 2.05) is 62.4 Å². The third-order valence-electron chi connectivity index (χ3n) is 3.88. The largest absolute Gasteiger partial charge is 0.351 e. The molecule has 0 aliphatic carbocycles. The first-order valence-corrected chi connectivity index (χ1v) is 9.92. The molecule has 25 heavy (non-hydrogen) atoms. The molecule has 0 aromatic heterocycles. The van der Waals surface area contributed by atoms with Gasteiger partial charge in [-0.05, 0) is 25.0 Å². The van der Waals surface area contributed by atoms with Crippen LogP contribution in [0.25, 0.3) is 0 Å². The summed E-state index contributed by atoms with van der Waals surface area (Å²) in [6, 6.07) is 15.4. The molecule has 0 radical (unpaired) electrons. The summed E-state index contributed by atoms with van der Waals surface area (Å²) in [4.78, 5) is 12.2. The molecule has 6 heteroatoms. The number of rotatable bonds is 7. The van der Waals surface area contributed by atoms with Gasteiger partial charge in [-0.15, -0.1) is 0 Å². The fourth-order valence-corrected chi connectivity index (χ4v) is 3.05. The minimum absolute atomic E-state index is 0.178. The molecule has 2 rings (SSSR count). The van der Waals surface area contributed by atoms with Gasteiger partial charge in [0.2, 0.25) is 15.9 Å². The second-order valence-electron chi connectivity index (χ2n) is 6.28. The molecule has 134 valence electrons. The average Bonchev–Trinajstić information content (AvgIpc) is 2.55. The first kappa shape index (κ1) is 19.1. The molecule has 2 aromatic carbocycles. The van der Waals surface area contributed by atoms with Crippen molar-refractivity contribution in [2.45, 2.75) is 26.9 Å². The molecule has 0 fully saturated rings. The molecule has 0 unspecified atom stereocenters. The number of aryl methyl sites for hydroxylation is 2. The molecule has 5 nitrogen and oxygen atoms in total. The van der Waals surface area contributed by atoms with Crippen LogP contribution in [0, 0.1) is 13.8 Å². The maximum atomic E-state index is 12.2. The van der Waals surface area contributed by atoms with Crippen molar-refractivity contribution in [2.24, 2.45) is 0 Å². The summed E-state index contributed by atoms with van der Waals surface area (Å²) in [5.74, 6) is -0.321. The van der Waals surface area contributed by atoms with Gasteiger partial charge < -0.3 is 5.32 Å². The fourth-order valence-electron chi connectivity index (χ4n) is 2.31. The molecule has 0 spiro atoms. The number of benzene rings is 2. The second-order valence-corrected chi connectivity index (χ2v) is 8.26. The highest BCUT2D eigenvalue weighted by Crippen LogP contribution is 2.10. The summed E-state index contributed by atoms with van der Waals surface area (Å²) in [5.41, 5.74) is 4.08. The SMILES string of the molecule is Cc1ccc(CNC(=O)CN(Cc2ccc(C)cc2)S(C)(=O)=O)cc1. The van der Waals surface area contributed by atoms with E-state index in [4.69, 9.17) is 0 Å². The molecule has 0 aliphatic rings. The zero-order valence-electron chi connectivity index (χ0n) is 14.8. The van der Waals surface area contributed by atoms with Gasteiger partial charge in [0.15, 0.2) is 0 Å². The Morgan fingerprint density at radius 3 is 1.88 bits per heavy atom. The quantitative estimate of drug-likeness (QED) is 0.824. The molecule has 1 amide bonds. The van der Waals surface area contributed by atoms with E-state index >= 15 is 0 Å². The predicted octanol–water partition coefficient (Wildman–Crippen LogP) is 2.38. The normalized spacial score (nSPS) is 11.5. The maximum Gasteiger partial charge on any atom is 0.235 e. The van der Waals surface area contributed by atoms with Gasteiger partial charge in [-0.3, -0.25) is 4.79 Å². The second kappa shape index (κ2) is 8.27. The molecule has 0 atom stereocenters. The van der Waals surface area contributed by atoms with Crippen LogP contribution in [0.3, 0.4) is 0 Å². The number of carbonyl (C=O) groups is 1. The number of sulfonamides is 1. The maximum absolute atomic E-state index is 12.2. The monoisotopic (exact) mass is 360 g/mol. The van der Waals surface area contributed by atoms with Gasteiger partial charge in [0.1, 0.15) is 0 Å². The standard InChI is InChI=1S/C19H24N2O3S/c1-15-4-8-17(9-5-15)12-20-19(22)14-21(25(3,23)24)13-18-10-6-16(2)7-11-18/h4-11H,12-14H2,1-3H3,(H,20,22). The van der Waals surface area contributed by atoms with Crippen molar-refractivity contribution >= 4 is 15.9 Å². The van der Waals surface area contributed by atoms with Crippen molar-refractivity contribution in [3.05, 3.63) is 70.8 Å². The molecule has 1 N–H and O–H groups in total. The van der Waals surface area contributed by atoms with E-state index in [1.54, 1.807) is 0 Å². The van der Waals surface area contributed by atoms with Crippen LogP contribution in [0.2, 0.25) is 0 Å². The van der Waals surface area contributed by atoms with E-state index in [0.717, 1.165) is 28.5 Å². The zero-order valence-corrected chi connectivity index (χ0v) is 15.6. The van der Waals surface area contributed by atoms with Crippen LogP contribution >= 0.6 is 0 Å². The van der Waals surface area contributed by atoms with E-state index in [1.165, 1.54) is 4.31 Å². The van der Waals surface area contributed by atoms with Crippen LogP contribution < -0.4 is 5.32 Å². The summed E-state index contributed by atoms with van der Waals surface area (Å²) in [5, 5.41) is 2.77.